The van der Waals surface area contributed by atoms with Gasteiger partial charge in [-0.2, -0.15) is 0 Å². The van der Waals surface area contributed by atoms with Crippen molar-refractivity contribution >= 4 is 10.9 Å². The van der Waals surface area contributed by atoms with Gasteiger partial charge in [-0.05, 0) is 66.8 Å². The number of aryl methyl sites for hydroxylation is 2. The Labute approximate surface area is 189 Å². The van der Waals surface area contributed by atoms with Crippen LogP contribution in [0.25, 0.3) is 10.9 Å². The van der Waals surface area contributed by atoms with Crippen molar-refractivity contribution in [3.8, 4) is 0 Å². The number of H-pyrrole nitrogens is 1. The molecule has 0 spiro atoms. The lowest BCUT2D eigenvalue weighted by Crippen LogP contribution is -2.39. The van der Waals surface area contributed by atoms with Gasteiger partial charge < -0.3 is 9.72 Å². The van der Waals surface area contributed by atoms with Crippen molar-refractivity contribution in [3.63, 3.8) is 0 Å². The van der Waals surface area contributed by atoms with Gasteiger partial charge in [0.2, 0.25) is 0 Å². The summed E-state index contributed by atoms with van der Waals surface area (Å²) in [5.74, 6) is 0.848. The molecule has 172 valence electrons. The zero-order chi connectivity index (χ0) is 22.7. The lowest BCUT2D eigenvalue weighted by Gasteiger charge is -2.35. The van der Waals surface area contributed by atoms with Gasteiger partial charge in [-0.1, -0.05) is 25.8 Å². The average molecular weight is 439 g/mol. The molecule has 2 aromatic heterocycles. The molecule has 3 aromatic rings. The van der Waals surface area contributed by atoms with Crippen LogP contribution in [0.3, 0.4) is 0 Å². The summed E-state index contributed by atoms with van der Waals surface area (Å²) in [4.78, 5) is 18.7. The number of hydrogen-bond donors (Lipinski definition) is 1. The smallest absolute Gasteiger partial charge is 0.252 e. The van der Waals surface area contributed by atoms with Gasteiger partial charge in [-0.25, -0.2) is 4.68 Å². The maximum Gasteiger partial charge on any atom is 0.252 e. The van der Waals surface area contributed by atoms with Gasteiger partial charge in [0.05, 0.1) is 19.2 Å². The fourth-order valence-electron chi connectivity index (χ4n) is 5.11. The summed E-state index contributed by atoms with van der Waals surface area (Å²) in [5, 5.41) is 13.6. The molecule has 0 radical (unpaired) electrons. The topological polar surface area (TPSA) is 88.9 Å². The van der Waals surface area contributed by atoms with E-state index in [2.05, 4.69) is 58.3 Å². The SMILES string of the molecule is CCC(c1nnnn1CCOC)N(Cc1cc2c(C)cc(C)cc2[nH]c1=O)C1CCCC1. The highest BCUT2D eigenvalue weighted by Gasteiger charge is 2.32. The molecule has 0 bridgehead atoms. The van der Waals surface area contributed by atoms with E-state index in [4.69, 9.17) is 4.74 Å². The highest BCUT2D eigenvalue weighted by molar-refractivity contribution is 5.83. The Bertz CT molecular complexity index is 1120. The van der Waals surface area contributed by atoms with Gasteiger partial charge in [0, 0.05) is 36.2 Å². The standard InChI is InChI=1S/C24H34N6O2/c1-5-22(23-26-27-28-30(23)10-11-32-4)29(19-8-6-7-9-19)15-18-14-20-17(3)12-16(2)13-21(20)25-24(18)31/h12-14,19,22H,5-11,15H2,1-4H3,(H,25,31). The Morgan fingerprint density at radius 1 is 1.25 bits per heavy atom. The lowest BCUT2D eigenvalue weighted by molar-refractivity contribution is 0.109. The zero-order valence-electron chi connectivity index (χ0n) is 19.6. The van der Waals surface area contributed by atoms with Gasteiger partial charge in [0.1, 0.15) is 0 Å². The third kappa shape index (κ3) is 4.61. The van der Waals surface area contributed by atoms with Crippen molar-refractivity contribution in [2.75, 3.05) is 13.7 Å². The van der Waals surface area contributed by atoms with Crippen LogP contribution in [0, 0.1) is 13.8 Å². The molecule has 2 heterocycles. The Hall–Kier alpha value is -2.58. The monoisotopic (exact) mass is 438 g/mol. The summed E-state index contributed by atoms with van der Waals surface area (Å²) in [7, 11) is 1.68. The van der Waals surface area contributed by atoms with Gasteiger partial charge >= 0.3 is 0 Å². The van der Waals surface area contributed by atoms with Crippen LogP contribution in [0.4, 0.5) is 0 Å². The number of fused-ring (bicyclic) bond motifs is 1. The van der Waals surface area contributed by atoms with Crippen molar-refractivity contribution in [1.29, 1.82) is 0 Å². The van der Waals surface area contributed by atoms with Crippen molar-refractivity contribution < 1.29 is 4.74 Å². The van der Waals surface area contributed by atoms with Gasteiger partial charge in [-0.15, -0.1) is 5.10 Å². The Morgan fingerprint density at radius 3 is 2.75 bits per heavy atom. The van der Waals surface area contributed by atoms with Crippen molar-refractivity contribution in [3.05, 3.63) is 51.1 Å². The fourth-order valence-corrected chi connectivity index (χ4v) is 5.11. The normalized spacial score (nSPS) is 15.8. The molecule has 1 aliphatic rings. The van der Waals surface area contributed by atoms with Crippen molar-refractivity contribution in [1.82, 2.24) is 30.1 Å². The van der Waals surface area contributed by atoms with Crippen molar-refractivity contribution in [2.24, 2.45) is 0 Å². The molecule has 1 aromatic carbocycles. The maximum atomic E-state index is 13.1. The highest BCUT2D eigenvalue weighted by Crippen LogP contribution is 2.33. The first kappa shape index (κ1) is 22.6. The lowest BCUT2D eigenvalue weighted by atomic mass is 10.0. The maximum absolute atomic E-state index is 13.1. The minimum atomic E-state index is -0.0145. The number of ether oxygens (including phenoxy) is 1. The van der Waals surface area contributed by atoms with E-state index in [1.54, 1.807) is 7.11 Å². The molecule has 0 saturated heterocycles. The van der Waals surface area contributed by atoms with E-state index in [1.165, 1.54) is 18.4 Å². The quantitative estimate of drug-likeness (QED) is 0.548. The molecular weight excluding hydrogens is 404 g/mol. The molecular formula is C24H34N6O2. The Balaban J connectivity index is 1.72. The molecule has 4 rings (SSSR count). The predicted octanol–water partition coefficient (Wildman–Crippen LogP) is 3.67. The average Bonchev–Trinajstić information content (AvgIpc) is 3.45. The van der Waals surface area contributed by atoms with Crippen LogP contribution in [-0.2, 0) is 17.8 Å². The molecule has 1 fully saturated rings. The minimum Gasteiger partial charge on any atom is -0.383 e. The highest BCUT2D eigenvalue weighted by atomic mass is 16.5. The van der Waals surface area contributed by atoms with E-state index in [1.807, 2.05) is 10.7 Å². The summed E-state index contributed by atoms with van der Waals surface area (Å²) in [6.07, 6.45) is 5.59. The van der Waals surface area contributed by atoms with E-state index in [0.717, 1.165) is 47.1 Å². The molecule has 32 heavy (non-hydrogen) atoms. The van der Waals surface area contributed by atoms with Crippen LogP contribution in [0.2, 0.25) is 0 Å². The van der Waals surface area contributed by atoms with Crippen LogP contribution in [0.1, 0.15) is 67.6 Å². The molecule has 1 unspecified atom stereocenters. The summed E-state index contributed by atoms with van der Waals surface area (Å²) >= 11 is 0. The molecule has 8 nitrogen and oxygen atoms in total. The summed E-state index contributed by atoms with van der Waals surface area (Å²) in [6, 6.07) is 6.74. The first-order valence-electron chi connectivity index (χ1n) is 11.7. The molecule has 1 atom stereocenters. The van der Waals surface area contributed by atoms with Crippen LogP contribution >= 0.6 is 0 Å². The second kappa shape index (κ2) is 9.92. The minimum absolute atomic E-state index is 0.0145. The predicted molar refractivity (Wildman–Crippen MR) is 125 cm³/mol. The van der Waals surface area contributed by atoms with Crippen molar-refractivity contribution in [2.45, 2.75) is 78.0 Å². The molecule has 0 aliphatic heterocycles. The first-order valence-corrected chi connectivity index (χ1v) is 11.7. The van der Waals surface area contributed by atoms with E-state index < -0.39 is 0 Å². The van der Waals surface area contributed by atoms with E-state index in [-0.39, 0.29) is 11.6 Å². The number of methoxy groups -OCH3 is 1. The number of tetrazole rings is 1. The summed E-state index contributed by atoms with van der Waals surface area (Å²) in [5.41, 5.74) is 4.02. The molecule has 1 saturated carbocycles. The Kier molecular flexibility index (Phi) is 7.01. The first-order chi connectivity index (χ1) is 15.5. The number of benzene rings is 1. The number of hydrogen-bond acceptors (Lipinski definition) is 6. The number of pyridine rings is 1. The number of aromatic nitrogens is 5. The van der Waals surface area contributed by atoms with Gasteiger partial charge in [0.25, 0.3) is 5.56 Å². The molecule has 8 heteroatoms. The van der Waals surface area contributed by atoms with E-state index in [9.17, 15) is 4.79 Å². The zero-order valence-corrected chi connectivity index (χ0v) is 19.6. The third-order valence-electron chi connectivity index (χ3n) is 6.69. The molecule has 1 aliphatic carbocycles. The number of nitrogens with one attached hydrogen (secondary N) is 1. The van der Waals surface area contributed by atoms with Crippen LogP contribution in [0.15, 0.2) is 23.0 Å². The second-order valence-corrected chi connectivity index (χ2v) is 8.95. The van der Waals surface area contributed by atoms with Crippen LogP contribution in [0.5, 0.6) is 0 Å². The van der Waals surface area contributed by atoms with Gasteiger partial charge in [-0.3, -0.25) is 9.69 Å². The summed E-state index contributed by atoms with van der Waals surface area (Å²) < 4.78 is 7.08. The number of aromatic amines is 1. The van der Waals surface area contributed by atoms with Crippen LogP contribution in [-0.4, -0.2) is 49.8 Å². The second-order valence-electron chi connectivity index (χ2n) is 8.95. The molecule has 0 amide bonds. The number of nitrogens with zero attached hydrogens (tertiary/aromatic N) is 5. The Morgan fingerprint density at radius 2 is 2.03 bits per heavy atom. The fraction of sp³-hybridized carbons (Fsp3) is 0.583. The third-order valence-corrected chi connectivity index (χ3v) is 6.69. The summed E-state index contributed by atoms with van der Waals surface area (Å²) in [6.45, 7) is 8.08. The van der Waals surface area contributed by atoms with Gasteiger partial charge in [0.15, 0.2) is 5.82 Å². The number of rotatable bonds is 9. The largest absolute Gasteiger partial charge is 0.383 e. The van der Waals surface area contributed by atoms with E-state index >= 15 is 0 Å². The van der Waals surface area contributed by atoms with Crippen LogP contribution < -0.4 is 5.56 Å². The molecule has 1 N–H and O–H groups in total. The van der Waals surface area contributed by atoms with E-state index in [0.29, 0.717) is 25.7 Å².